The van der Waals surface area contributed by atoms with E-state index < -0.39 is 24.3 Å². The maximum absolute atomic E-state index is 11.7. The fourth-order valence-electron chi connectivity index (χ4n) is 2.31. The van der Waals surface area contributed by atoms with Crippen molar-refractivity contribution in [1.82, 2.24) is 5.32 Å². The van der Waals surface area contributed by atoms with Gasteiger partial charge in [-0.1, -0.05) is 55.5 Å². The zero-order valence-electron chi connectivity index (χ0n) is 16.8. The summed E-state index contributed by atoms with van der Waals surface area (Å²) in [5, 5.41) is 11.3. The molecule has 0 heterocycles. The SMILES string of the molecule is CC/C=C\C/C=C\C/C=C\C/C=C\CCCCC(=O)N[C@@H](CC(N)=O)C(=O)O. The Bertz CT molecular complexity index is 577. The first-order chi connectivity index (χ1) is 13.5. The van der Waals surface area contributed by atoms with Gasteiger partial charge in [-0.3, -0.25) is 9.59 Å². The molecule has 0 aromatic heterocycles. The van der Waals surface area contributed by atoms with Gasteiger partial charge in [0.25, 0.3) is 0 Å². The topological polar surface area (TPSA) is 109 Å². The summed E-state index contributed by atoms with van der Waals surface area (Å²) in [5.74, 6) is -2.39. The predicted molar refractivity (Wildman–Crippen MR) is 113 cm³/mol. The Hall–Kier alpha value is -2.63. The van der Waals surface area contributed by atoms with Gasteiger partial charge < -0.3 is 16.2 Å². The van der Waals surface area contributed by atoms with E-state index in [1.54, 1.807) is 0 Å². The molecule has 156 valence electrons. The van der Waals surface area contributed by atoms with E-state index in [9.17, 15) is 14.4 Å². The molecule has 0 bridgehead atoms. The first kappa shape index (κ1) is 25.4. The number of carbonyl (C=O) groups is 3. The fraction of sp³-hybridized carbons (Fsp3) is 0.500. The molecule has 0 aliphatic rings. The third-order valence-corrected chi connectivity index (χ3v) is 3.78. The molecular weight excluding hydrogens is 356 g/mol. The van der Waals surface area contributed by atoms with Crippen molar-refractivity contribution in [2.75, 3.05) is 0 Å². The summed E-state index contributed by atoms with van der Waals surface area (Å²) >= 11 is 0. The van der Waals surface area contributed by atoms with E-state index in [1.165, 1.54) is 0 Å². The van der Waals surface area contributed by atoms with Gasteiger partial charge in [0.05, 0.1) is 6.42 Å². The van der Waals surface area contributed by atoms with E-state index in [0.29, 0.717) is 6.42 Å². The van der Waals surface area contributed by atoms with Crippen LogP contribution in [0.15, 0.2) is 48.6 Å². The molecule has 0 saturated carbocycles. The van der Waals surface area contributed by atoms with E-state index >= 15 is 0 Å². The summed E-state index contributed by atoms with van der Waals surface area (Å²) < 4.78 is 0. The Balaban J connectivity index is 3.74. The maximum Gasteiger partial charge on any atom is 0.326 e. The number of nitrogens with two attached hydrogens (primary N) is 1. The van der Waals surface area contributed by atoms with Crippen molar-refractivity contribution >= 4 is 17.8 Å². The average Bonchev–Trinajstić information content (AvgIpc) is 2.64. The molecule has 6 nitrogen and oxygen atoms in total. The molecule has 2 amide bonds. The third-order valence-electron chi connectivity index (χ3n) is 3.78. The zero-order valence-corrected chi connectivity index (χ0v) is 16.8. The van der Waals surface area contributed by atoms with Crippen LogP contribution < -0.4 is 11.1 Å². The van der Waals surface area contributed by atoms with Crippen LogP contribution in [0.25, 0.3) is 0 Å². The highest BCUT2D eigenvalue weighted by Gasteiger charge is 2.21. The Morgan fingerprint density at radius 3 is 1.93 bits per heavy atom. The highest BCUT2D eigenvalue weighted by atomic mass is 16.4. The van der Waals surface area contributed by atoms with Crippen LogP contribution in [-0.2, 0) is 14.4 Å². The van der Waals surface area contributed by atoms with Crippen molar-refractivity contribution < 1.29 is 19.5 Å². The molecule has 0 fully saturated rings. The van der Waals surface area contributed by atoms with Crippen molar-refractivity contribution in [3.63, 3.8) is 0 Å². The van der Waals surface area contributed by atoms with Crippen molar-refractivity contribution in [2.45, 2.75) is 70.8 Å². The van der Waals surface area contributed by atoms with Crippen molar-refractivity contribution in [2.24, 2.45) is 5.73 Å². The number of nitrogens with one attached hydrogen (secondary N) is 1. The molecule has 0 aromatic carbocycles. The number of aliphatic carboxylic acids is 1. The largest absolute Gasteiger partial charge is 0.480 e. The van der Waals surface area contributed by atoms with Crippen molar-refractivity contribution in [3.8, 4) is 0 Å². The van der Waals surface area contributed by atoms with Crippen molar-refractivity contribution in [3.05, 3.63) is 48.6 Å². The number of carboxylic acids is 1. The minimum Gasteiger partial charge on any atom is -0.480 e. The highest BCUT2D eigenvalue weighted by molar-refractivity contribution is 5.88. The number of rotatable bonds is 16. The summed E-state index contributed by atoms with van der Waals surface area (Å²) in [5.41, 5.74) is 4.97. The van der Waals surface area contributed by atoms with Crippen LogP contribution in [0.2, 0.25) is 0 Å². The Labute approximate surface area is 168 Å². The first-order valence-corrected chi connectivity index (χ1v) is 9.87. The van der Waals surface area contributed by atoms with Crippen LogP contribution in [-0.4, -0.2) is 28.9 Å². The normalized spacial score (nSPS) is 13.0. The lowest BCUT2D eigenvalue weighted by molar-refractivity contribution is -0.143. The standard InChI is InChI=1S/C22H34N2O4/c1-2-3-4-5-6-7-8-9-10-11-12-13-14-15-16-17-21(26)24-19(22(27)28)18-20(23)25/h3-4,6-7,9-10,12-13,19H,2,5,8,11,14-18H2,1H3,(H2,23,25)(H,24,26)(H,27,28)/b4-3-,7-6-,10-9-,13-12-/t19-/m0/s1. The lowest BCUT2D eigenvalue weighted by Gasteiger charge is -2.12. The van der Waals surface area contributed by atoms with E-state index in [2.05, 4.69) is 60.8 Å². The highest BCUT2D eigenvalue weighted by Crippen LogP contribution is 2.03. The van der Waals surface area contributed by atoms with E-state index in [4.69, 9.17) is 10.8 Å². The number of hydrogen-bond donors (Lipinski definition) is 3. The number of allylic oxidation sites excluding steroid dienone is 8. The van der Waals surface area contributed by atoms with Crippen molar-refractivity contribution in [1.29, 1.82) is 0 Å². The molecule has 0 saturated heterocycles. The lowest BCUT2D eigenvalue weighted by Crippen LogP contribution is -2.43. The van der Waals surface area contributed by atoms with Crippen LogP contribution in [0, 0.1) is 0 Å². The smallest absolute Gasteiger partial charge is 0.326 e. The Morgan fingerprint density at radius 2 is 1.43 bits per heavy atom. The minimum atomic E-state index is -1.26. The second kappa shape index (κ2) is 17.8. The van der Waals surface area contributed by atoms with Gasteiger partial charge in [-0.25, -0.2) is 4.79 Å². The number of hydrogen-bond acceptors (Lipinski definition) is 3. The van der Waals surface area contributed by atoms with Gasteiger partial charge in [0.1, 0.15) is 6.04 Å². The third kappa shape index (κ3) is 16.8. The van der Waals surface area contributed by atoms with Crippen LogP contribution in [0.1, 0.15) is 64.7 Å². The number of unbranched alkanes of at least 4 members (excludes halogenated alkanes) is 2. The lowest BCUT2D eigenvalue weighted by atomic mass is 10.1. The predicted octanol–water partition coefficient (Wildman–Crippen LogP) is 3.80. The van der Waals surface area contributed by atoms with Gasteiger partial charge in [0, 0.05) is 6.42 Å². The van der Waals surface area contributed by atoms with E-state index in [1.807, 2.05) is 0 Å². The molecule has 1 atom stereocenters. The van der Waals surface area contributed by atoms with Crippen LogP contribution >= 0.6 is 0 Å². The molecule has 0 unspecified atom stereocenters. The quantitative estimate of drug-likeness (QED) is 0.275. The molecular formula is C22H34N2O4. The van der Waals surface area contributed by atoms with Gasteiger partial charge in [0.2, 0.25) is 11.8 Å². The Morgan fingerprint density at radius 1 is 0.893 bits per heavy atom. The summed E-state index contributed by atoms with van der Waals surface area (Å²) in [6, 6.07) is -1.25. The first-order valence-electron chi connectivity index (χ1n) is 9.87. The average molecular weight is 391 g/mol. The zero-order chi connectivity index (χ0) is 21.0. The summed E-state index contributed by atoms with van der Waals surface area (Å²) in [6.07, 6.45) is 23.2. The van der Waals surface area contributed by atoms with E-state index in [-0.39, 0.29) is 12.3 Å². The number of primary amides is 1. The van der Waals surface area contributed by atoms with Crippen LogP contribution in [0.3, 0.4) is 0 Å². The molecule has 0 aliphatic carbocycles. The van der Waals surface area contributed by atoms with Crippen LogP contribution in [0.4, 0.5) is 0 Å². The van der Waals surface area contributed by atoms with Gasteiger partial charge >= 0.3 is 5.97 Å². The molecule has 4 N–H and O–H groups in total. The molecule has 0 spiro atoms. The molecule has 28 heavy (non-hydrogen) atoms. The molecule has 6 heteroatoms. The van der Waals surface area contributed by atoms with E-state index in [0.717, 1.165) is 38.5 Å². The number of amides is 2. The van der Waals surface area contributed by atoms with Gasteiger partial charge in [-0.2, -0.15) is 0 Å². The number of carbonyl (C=O) groups excluding carboxylic acids is 2. The monoisotopic (exact) mass is 390 g/mol. The van der Waals surface area contributed by atoms with Gasteiger partial charge in [-0.15, -0.1) is 0 Å². The number of carboxylic acid groups (broad SMARTS) is 1. The molecule has 0 rings (SSSR count). The van der Waals surface area contributed by atoms with Crippen LogP contribution in [0.5, 0.6) is 0 Å². The summed E-state index contributed by atoms with van der Waals surface area (Å²) in [6.45, 7) is 2.12. The molecule has 0 aromatic rings. The Kier molecular flexibility index (Phi) is 16.1. The van der Waals surface area contributed by atoms with Gasteiger partial charge in [-0.05, 0) is 44.9 Å². The fourth-order valence-corrected chi connectivity index (χ4v) is 2.31. The maximum atomic E-state index is 11.7. The second-order valence-electron chi connectivity index (χ2n) is 6.38. The molecule has 0 aliphatic heterocycles. The molecule has 0 radical (unpaired) electrons. The summed E-state index contributed by atoms with van der Waals surface area (Å²) in [4.78, 5) is 33.4. The summed E-state index contributed by atoms with van der Waals surface area (Å²) in [7, 11) is 0. The van der Waals surface area contributed by atoms with Gasteiger partial charge in [0.15, 0.2) is 0 Å². The second-order valence-corrected chi connectivity index (χ2v) is 6.38. The minimum absolute atomic E-state index is 0.232.